The van der Waals surface area contributed by atoms with Crippen LogP contribution < -0.4 is 0 Å². The molecule has 0 aliphatic heterocycles. The summed E-state index contributed by atoms with van der Waals surface area (Å²) in [5, 5.41) is 3.70. The molecule has 0 atom stereocenters. The first-order valence-corrected chi connectivity index (χ1v) is 9.90. The number of carbonyl (C=O) groups is 1. The molecule has 30 heavy (non-hydrogen) atoms. The fraction of sp³-hybridized carbons (Fsp3) is 0.120. The van der Waals surface area contributed by atoms with Gasteiger partial charge >= 0.3 is 0 Å². The standard InChI is InChI=1S/C25H20ClNO3/c1-16-20(17-7-4-3-5-8-17)11-12-21(22(16)15-29-2)24-14-23(27-30-24)18-9-6-10-19(13-18)25(26)28/h3-14H,15H2,1-2H3. The molecule has 0 spiro atoms. The van der Waals surface area contributed by atoms with Crippen LogP contribution in [0.15, 0.2) is 77.3 Å². The lowest BCUT2D eigenvalue weighted by atomic mass is 9.92. The molecule has 0 saturated carbocycles. The minimum absolute atomic E-state index is 0.418. The Morgan fingerprint density at radius 3 is 2.43 bits per heavy atom. The van der Waals surface area contributed by atoms with E-state index in [4.69, 9.17) is 20.9 Å². The van der Waals surface area contributed by atoms with E-state index in [1.807, 2.05) is 36.4 Å². The van der Waals surface area contributed by atoms with E-state index < -0.39 is 5.24 Å². The van der Waals surface area contributed by atoms with Gasteiger partial charge in [0.1, 0.15) is 5.69 Å². The van der Waals surface area contributed by atoms with Crippen LogP contribution in [-0.2, 0) is 11.3 Å². The highest BCUT2D eigenvalue weighted by molar-refractivity contribution is 6.67. The van der Waals surface area contributed by atoms with Gasteiger partial charge in [-0.2, -0.15) is 0 Å². The molecule has 0 radical (unpaired) electrons. The Bertz CT molecular complexity index is 1200. The van der Waals surface area contributed by atoms with Crippen LogP contribution in [0.3, 0.4) is 0 Å². The van der Waals surface area contributed by atoms with Gasteiger partial charge in [-0.1, -0.05) is 65.8 Å². The molecule has 150 valence electrons. The number of hydrogen-bond acceptors (Lipinski definition) is 4. The van der Waals surface area contributed by atoms with Crippen LogP contribution in [0.2, 0.25) is 0 Å². The van der Waals surface area contributed by atoms with Crippen molar-refractivity contribution in [1.82, 2.24) is 5.16 Å². The number of carbonyl (C=O) groups excluding carboxylic acids is 1. The molecule has 0 saturated heterocycles. The molecule has 0 aliphatic rings. The summed E-state index contributed by atoms with van der Waals surface area (Å²) in [5.74, 6) is 0.641. The van der Waals surface area contributed by atoms with Crippen molar-refractivity contribution in [3.63, 3.8) is 0 Å². The maximum Gasteiger partial charge on any atom is 0.252 e. The van der Waals surface area contributed by atoms with E-state index in [0.717, 1.165) is 33.4 Å². The fourth-order valence-corrected chi connectivity index (χ4v) is 3.70. The van der Waals surface area contributed by atoms with Gasteiger partial charge < -0.3 is 9.26 Å². The van der Waals surface area contributed by atoms with E-state index in [2.05, 4.69) is 30.3 Å². The largest absolute Gasteiger partial charge is 0.380 e. The van der Waals surface area contributed by atoms with Gasteiger partial charge in [0.15, 0.2) is 5.76 Å². The molecule has 4 aromatic rings. The third-order valence-corrected chi connectivity index (χ3v) is 5.35. The molecule has 0 amide bonds. The Morgan fingerprint density at radius 1 is 0.967 bits per heavy atom. The maximum atomic E-state index is 11.5. The van der Waals surface area contributed by atoms with Crippen LogP contribution in [0, 0.1) is 6.92 Å². The van der Waals surface area contributed by atoms with Crippen molar-refractivity contribution in [2.45, 2.75) is 13.5 Å². The van der Waals surface area contributed by atoms with Gasteiger partial charge in [-0.3, -0.25) is 4.79 Å². The molecule has 5 heteroatoms. The van der Waals surface area contributed by atoms with Crippen molar-refractivity contribution in [3.8, 4) is 33.7 Å². The van der Waals surface area contributed by atoms with Gasteiger partial charge in [0.25, 0.3) is 5.24 Å². The monoisotopic (exact) mass is 417 g/mol. The van der Waals surface area contributed by atoms with Crippen LogP contribution in [-0.4, -0.2) is 17.5 Å². The molecule has 4 nitrogen and oxygen atoms in total. The minimum Gasteiger partial charge on any atom is -0.380 e. The highest BCUT2D eigenvalue weighted by atomic mass is 35.5. The Hall–Kier alpha value is -3.21. The summed E-state index contributed by atoms with van der Waals surface area (Å²) in [6, 6.07) is 23.3. The Kier molecular flexibility index (Phi) is 5.79. The second-order valence-electron chi connectivity index (χ2n) is 6.99. The lowest BCUT2D eigenvalue weighted by Gasteiger charge is -2.15. The number of nitrogens with zero attached hydrogens (tertiary/aromatic N) is 1. The maximum absolute atomic E-state index is 11.5. The molecule has 3 aromatic carbocycles. The Morgan fingerprint density at radius 2 is 1.70 bits per heavy atom. The van der Waals surface area contributed by atoms with E-state index in [0.29, 0.717) is 23.6 Å². The van der Waals surface area contributed by atoms with Crippen molar-refractivity contribution in [3.05, 3.63) is 89.5 Å². The number of hydrogen-bond donors (Lipinski definition) is 0. The summed E-state index contributed by atoms with van der Waals surface area (Å²) < 4.78 is 11.2. The van der Waals surface area contributed by atoms with E-state index in [9.17, 15) is 4.79 Å². The number of halogens is 1. The summed E-state index contributed by atoms with van der Waals surface area (Å²) >= 11 is 5.61. The summed E-state index contributed by atoms with van der Waals surface area (Å²) in [5.41, 5.74) is 7.23. The Balaban J connectivity index is 1.77. The predicted molar refractivity (Wildman–Crippen MR) is 118 cm³/mol. The van der Waals surface area contributed by atoms with E-state index in [1.165, 1.54) is 0 Å². The molecule has 1 aromatic heterocycles. The Labute approximate surface area is 180 Å². The average Bonchev–Trinajstić information content (AvgIpc) is 3.26. The van der Waals surface area contributed by atoms with Crippen LogP contribution in [0.5, 0.6) is 0 Å². The van der Waals surface area contributed by atoms with Crippen LogP contribution in [0.4, 0.5) is 0 Å². The zero-order valence-electron chi connectivity index (χ0n) is 16.7. The molecule has 0 aliphatic carbocycles. The fourth-order valence-electron chi connectivity index (χ4n) is 3.59. The molecule has 0 fully saturated rings. The first-order chi connectivity index (χ1) is 14.6. The van der Waals surface area contributed by atoms with Crippen molar-refractivity contribution in [2.24, 2.45) is 0 Å². The number of ether oxygens (including phenoxy) is 1. The van der Waals surface area contributed by atoms with Crippen LogP contribution >= 0.6 is 11.6 Å². The molecule has 0 unspecified atom stereocenters. The summed E-state index contributed by atoms with van der Waals surface area (Å²) in [4.78, 5) is 11.5. The molecule has 0 bridgehead atoms. The second-order valence-corrected chi connectivity index (χ2v) is 7.34. The summed E-state index contributed by atoms with van der Waals surface area (Å²) in [7, 11) is 1.68. The molecular formula is C25H20ClNO3. The molecule has 1 heterocycles. The zero-order chi connectivity index (χ0) is 21.1. The van der Waals surface area contributed by atoms with Gasteiger partial charge in [-0.05, 0) is 46.8 Å². The summed E-state index contributed by atoms with van der Waals surface area (Å²) in [6.07, 6.45) is 0. The lowest BCUT2D eigenvalue weighted by Crippen LogP contribution is -1.98. The van der Waals surface area contributed by atoms with Gasteiger partial charge in [0.05, 0.1) is 6.61 Å². The van der Waals surface area contributed by atoms with Gasteiger partial charge in [0.2, 0.25) is 0 Å². The van der Waals surface area contributed by atoms with Gasteiger partial charge in [-0.25, -0.2) is 0 Å². The summed E-state index contributed by atoms with van der Waals surface area (Å²) in [6.45, 7) is 2.54. The number of aromatic nitrogens is 1. The zero-order valence-corrected chi connectivity index (χ0v) is 17.4. The third kappa shape index (κ3) is 3.92. The van der Waals surface area contributed by atoms with Crippen molar-refractivity contribution in [1.29, 1.82) is 0 Å². The van der Waals surface area contributed by atoms with E-state index in [-0.39, 0.29) is 0 Å². The third-order valence-electron chi connectivity index (χ3n) is 5.13. The van der Waals surface area contributed by atoms with E-state index in [1.54, 1.807) is 25.3 Å². The number of benzene rings is 3. The highest BCUT2D eigenvalue weighted by Crippen LogP contribution is 2.35. The quantitative estimate of drug-likeness (QED) is 0.335. The van der Waals surface area contributed by atoms with Crippen molar-refractivity contribution < 1.29 is 14.1 Å². The van der Waals surface area contributed by atoms with Crippen molar-refractivity contribution in [2.75, 3.05) is 7.11 Å². The molecular weight excluding hydrogens is 398 g/mol. The van der Waals surface area contributed by atoms with E-state index >= 15 is 0 Å². The van der Waals surface area contributed by atoms with Gasteiger partial charge in [-0.15, -0.1) is 0 Å². The average molecular weight is 418 g/mol. The van der Waals surface area contributed by atoms with Crippen molar-refractivity contribution >= 4 is 16.8 Å². The normalized spacial score (nSPS) is 10.9. The number of rotatable bonds is 6. The molecule has 4 rings (SSSR count). The van der Waals surface area contributed by atoms with Crippen LogP contribution in [0.1, 0.15) is 21.5 Å². The SMILES string of the molecule is COCc1c(-c2cc(-c3cccc(C(=O)Cl)c3)no2)ccc(-c2ccccc2)c1C. The van der Waals surface area contributed by atoms with Crippen LogP contribution in [0.25, 0.3) is 33.7 Å². The lowest BCUT2D eigenvalue weighted by molar-refractivity contribution is 0.108. The predicted octanol–water partition coefficient (Wildman–Crippen LogP) is 6.51. The topological polar surface area (TPSA) is 52.3 Å². The first-order valence-electron chi connectivity index (χ1n) is 9.52. The minimum atomic E-state index is -0.505. The first kappa shape index (κ1) is 20.1. The number of methoxy groups -OCH3 is 1. The second kappa shape index (κ2) is 8.66. The highest BCUT2D eigenvalue weighted by Gasteiger charge is 2.17. The molecule has 0 N–H and O–H groups in total. The van der Waals surface area contributed by atoms with Gasteiger partial charge in [0, 0.05) is 29.9 Å². The smallest absolute Gasteiger partial charge is 0.252 e.